The zero-order valence-corrected chi connectivity index (χ0v) is 11.9. The molecule has 0 aliphatic rings. The molecule has 2 nitrogen and oxygen atoms in total. The second-order valence-corrected chi connectivity index (χ2v) is 5.74. The normalized spacial score (nSPS) is 12.2. The van der Waals surface area contributed by atoms with Crippen molar-refractivity contribution in [3.63, 3.8) is 0 Å². The van der Waals surface area contributed by atoms with E-state index >= 15 is 0 Å². The van der Waals surface area contributed by atoms with E-state index in [-0.39, 0.29) is 0 Å². The maximum absolute atomic E-state index is 5.85. The van der Waals surface area contributed by atoms with Gasteiger partial charge in [-0.05, 0) is 17.5 Å². The minimum absolute atomic E-state index is 0.312. The molecule has 3 aromatic rings. The minimum Gasteiger partial charge on any atom is -0.278 e. The molecule has 0 aliphatic carbocycles. The van der Waals surface area contributed by atoms with Gasteiger partial charge in [0.25, 0.3) is 0 Å². The van der Waals surface area contributed by atoms with Crippen LogP contribution < -0.4 is 10.7 Å². The number of thiazole rings is 1. The summed E-state index contributed by atoms with van der Waals surface area (Å²) >= 11 is 1.56. The molecule has 0 amide bonds. The molecule has 0 bridgehead atoms. The molecule has 0 aliphatic heterocycles. The van der Waals surface area contributed by atoms with E-state index in [4.69, 9.17) is 5.73 Å². The van der Waals surface area contributed by atoms with Gasteiger partial charge in [-0.3, -0.25) is 5.73 Å². The van der Waals surface area contributed by atoms with E-state index in [9.17, 15) is 0 Å². The molecule has 0 saturated heterocycles. The SMILES string of the molecule is Nc1[nH+]c(C(Cc2ccccc2)c2ccccc2)cs1. The number of nitrogen functional groups attached to an aromatic ring is 1. The Morgan fingerprint density at radius 3 is 2.20 bits per heavy atom. The highest BCUT2D eigenvalue weighted by molar-refractivity contribution is 7.13. The fraction of sp³-hybridized carbons (Fsp3) is 0.118. The number of benzene rings is 2. The van der Waals surface area contributed by atoms with Crippen molar-refractivity contribution in [1.82, 2.24) is 0 Å². The zero-order chi connectivity index (χ0) is 13.8. The molecule has 0 fully saturated rings. The van der Waals surface area contributed by atoms with Crippen LogP contribution in [0.25, 0.3) is 0 Å². The lowest BCUT2D eigenvalue weighted by Crippen LogP contribution is -2.17. The summed E-state index contributed by atoms with van der Waals surface area (Å²) in [6.45, 7) is 0. The first-order valence-electron chi connectivity index (χ1n) is 6.68. The van der Waals surface area contributed by atoms with Gasteiger partial charge in [0.1, 0.15) is 5.69 Å². The zero-order valence-electron chi connectivity index (χ0n) is 11.1. The molecule has 20 heavy (non-hydrogen) atoms. The van der Waals surface area contributed by atoms with Crippen molar-refractivity contribution in [2.24, 2.45) is 0 Å². The number of nitrogens with one attached hydrogen (secondary N) is 1. The highest BCUT2D eigenvalue weighted by Crippen LogP contribution is 2.27. The van der Waals surface area contributed by atoms with Gasteiger partial charge in [-0.15, -0.1) is 0 Å². The first-order chi connectivity index (χ1) is 9.83. The number of rotatable bonds is 4. The predicted octanol–water partition coefficient (Wildman–Crippen LogP) is 3.52. The van der Waals surface area contributed by atoms with Crippen LogP contribution in [0.5, 0.6) is 0 Å². The van der Waals surface area contributed by atoms with Crippen LogP contribution in [-0.2, 0) is 6.42 Å². The Morgan fingerprint density at radius 2 is 1.60 bits per heavy atom. The van der Waals surface area contributed by atoms with E-state index in [0.29, 0.717) is 5.92 Å². The Labute approximate surface area is 122 Å². The van der Waals surface area contributed by atoms with Gasteiger partial charge in [-0.2, -0.15) is 0 Å². The van der Waals surface area contributed by atoms with Gasteiger partial charge in [-0.1, -0.05) is 72.0 Å². The van der Waals surface area contributed by atoms with Crippen molar-refractivity contribution in [3.8, 4) is 0 Å². The molecule has 100 valence electrons. The van der Waals surface area contributed by atoms with Gasteiger partial charge in [0.15, 0.2) is 0 Å². The molecule has 3 N–H and O–H groups in total. The fourth-order valence-electron chi connectivity index (χ4n) is 2.44. The largest absolute Gasteiger partial charge is 0.329 e. The molecule has 0 spiro atoms. The van der Waals surface area contributed by atoms with Crippen LogP contribution in [0, 0.1) is 0 Å². The monoisotopic (exact) mass is 281 g/mol. The van der Waals surface area contributed by atoms with Gasteiger partial charge >= 0.3 is 5.13 Å². The van der Waals surface area contributed by atoms with Crippen molar-refractivity contribution in [2.45, 2.75) is 12.3 Å². The Hall–Kier alpha value is -2.13. The van der Waals surface area contributed by atoms with Crippen molar-refractivity contribution in [1.29, 1.82) is 0 Å². The summed E-state index contributed by atoms with van der Waals surface area (Å²) < 4.78 is 0. The molecule has 3 heteroatoms. The molecule has 1 heterocycles. The minimum atomic E-state index is 0.312. The maximum atomic E-state index is 5.85. The second kappa shape index (κ2) is 5.88. The number of anilines is 1. The third-order valence-electron chi connectivity index (χ3n) is 3.44. The summed E-state index contributed by atoms with van der Waals surface area (Å²) in [4.78, 5) is 3.29. The van der Waals surface area contributed by atoms with Crippen molar-refractivity contribution in [2.75, 3.05) is 5.73 Å². The second-order valence-electron chi connectivity index (χ2n) is 4.83. The number of hydrogen-bond acceptors (Lipinski definition) is 2. The lowest BCUT2D eigenvalue weighted by Gasteiger charge is -2.14. The van der Waals surface area contributed by atoms with E-state index in [2.05, 4.69) is 71.0 Å². The highest BCUT2D eigenvalue weighted by atomic mass is 32.1. The summed E-state index contributed by atoms with van der Waals surface area (Å²) in [6.07, 6.45) is 0.970. The average molecular weight is 281 g/mol. The van der Waals surface area contributed by atoms with E-state index in [1.165, 1.54) is 16.8 Å². The van der Waals surface area contributed by atoms with Crippen molar-refractivity contribution >= 4 is 16.5 Å². The van der Waals surface area contributed by atoms with Crippen LogP contribution in [0.2, 0.25) is 0 Å². The molecule has 1 aromatic heterocycles. The molecular formula is C17H17N2S+. The summed E-state index contributed by atoms with van der Waals surface area (Å²) in [5.74, 6) is 0.312. The van der Waals surface area contributed by atoms with Crippen LogP contribution in [-0.4, -0.2) is 0 Å². The van der Waals surface area contributed by atoms with Crippen molar-refractivity contribution < 1.29 is 4.98 Å². The van der Waals surface area contributed by atoms with Crippen molar-refractivity contribution in [3.05, 3.63) is 82.9 Å². The summed E-state index contributed by atoms with van der Waals surface area (Å²) in [6, 6.07) is 21.1. The third-order valence-corrected chi connectivity index (χ3v) is 4.17. The predicted molar refractivity (Wildman–Crippen MR) is 83.7 cm³/mol. The molecule has 0 radical (unpaired) electrons. The van der Waals surface area contributed by atoms with Crippen LogP contribution >= 0.6 is 11.3 Å². The molecule has 3 rings (SSSR count). The molecule has 0 saturated carbocycles. The summed E-state index contributed by atoms with van der Waals surface area (Å²) in [5.41, 5.74) is 9.68. The van der Waals surface area contributed by atoms with Gasteiger partial charge in [0.2, 0.25) is 0 Å². The summed E-state index contributed by atoms with van der Waals surface area (Å²) in [7, 11) is 0. The third kappa shape index (κ3) is 2.89. The first-order valence-corrected chi connectivity index (χ1v) is 7.56. The smallest absolute Gasteiger partial charge is 0.278 e. The number of aromatic amines is 1. The number of nitrogens with two attached hydrogens (primary N) is 1. The van der Waals surface area contributed by atoms with Crippen LogP contribution in [0.15, 0.2) is 66.0 Å². The average Bonchev–Trinajstić information content (AvgIpc) is 2.93. The number of aromatic nitrogens is 1. The molecule has 1 unspecified atom stereocenters. The topological polar surface area (TPSA) is 40.2 Å². The van der Waals surface area contributed by atoms with E-state index < -0.39 is 0 Å². The summed E-state index contributed by atoms with van der Waals surface area (Å²) in [5, 5.41) is 2.88. The van der Waals surface area contributed by atoms with Crippen LogP contribution in [0.1, 0.15) is 22.7 Å². The van der Waals surface area contributed by atoms with Gasteiger partial charge in [0.05, 0.1) is 5.92 Å². The van der Waals surface area contributed by atoms with Crippen LogP contribution in [0.3, 0.4) is 0 Å². The van der Waals surface area contributed by atoms with Crippen LogP contribution in [0.4, 0.5) is 5.13 Å². The number of hydrogen-bond donors (Lipinski definition) is 1. The van der Waals surface area contributed by atoms with Gasteiger partial charge in [0, 0.05) is 5.38 Å². The first kappa shape index (κ1) is 12.9. The van der Waals surface area contributed by atoms with E-state index in [1.807, 2.05) is 0 Å². The van der Waals surface area contributed by atoms with Gasteiger partial charge < -0.3 is 0 Å². The molecule has 1 atom stereocenters. The Bertz CT molecular complexity index is 662. The standard InChI is InChI=1S/C17H16N2S/c18-17-19-16(12-20-17)15(14-9-5-2-6-10-14)11-13-7-3-1-4-8-13/h1-10,12,15H,11H2,(H2,18,19)/p+1. The Balaban J connectivity index is 1.96. The lowest BCUT2D eigenvalue weighted by molar-refractivity contribution is -0.368. The highest BCUT2D eigenvalue weighted by Gasteiger charge is 2.19. The molecular weight excluding hydrogens is 264 g/mol. The number of H-pyrrole nitrogens is 1. The Kier molecular flexibility index (Phi) is 3.79. The fourth-order valence-corrected chi connectivity index (χ4v) is 3.09. The molecule has 2 aromatic carbocycles. The van der Waals surface area contributed by atoms with E-state index in [1.54, 1.807) is 11.3 Å². The Morgan fingerprint density at radius 1 is 0.950 bits per heavy atom. The van der Waals surface area contributed by atoms with Gasteiger partial charge in [-0.25, -0.2) is 4.98 Å². The maximum Gasteiger partial charge on any atom is 0.329 e. The quantitative estimate of drug-likeness (QED) is 0.781. The lowest BCUT2D eigenvalue weighted by atomic mass is 9.90. The van der Waals surface area contributed by atoms with E-state index in [0.717, 1.165) is 11.6 Å².